The number of aldehydes is 1. The number of rotatable bonds is 3. The van der Waals surface area contributed by atoms with Crippen molar-refractivity contribution < 1.29 is 4.79 Å². The maximum Gasteiger partial charge on any atom is 0.151 e. The number of hydrogen-bond acceptors (Lipinski definition) is 2. The highest BCUT2D eigenvalue weighted by Gasteiger charge is 2.13. The van der Waals surface area contributed by atoms with E-state index in [1.165, 1.54) is 5.56 Å². The zero-order valence-electron chi connectivity index (χ0n) is 11.8. The molecule has 0 spiro atoms. The van der Waals surface area contributed by atoms with Crippen molar-refractivity contribution in [3.63, 3.8) is 0 Å². The number of halogens is 1. The lowest BCUT2D eigenvalue weighted by Gasteiger charge is -2.19. The quantitative estimate of drug-likeness (QED) is 0.686. The molecule has 0 aliphatic carbocycles. The summed E-state index contributed by atoms with van der Waals surface area (Å²) < 4.78 is 0. The van der Waals surface area contributed by atoms with Crippen LogP contribution in [0, 0.1) is 0 Å². The van der Waals surface area contributed by atoms with Gasteiger partial charge in [0.2, 0.25) is 0 Å². The average Bonchev–Trinajstić information content (AvgIpc) is 2.40. The molecule has 0 fully saturated rings. The van der Waals surface area contributed by atoms with Crippen LogP contribution in [0.15, 0.2) is 52.3 Å². The average molecular weight is 305 g/mol. The van der Waals surface area contributed by atoms with Crippen molar-refractivity contribution in [2.45, 2.75) is 36.0 Å². The van der Waals surface area contributed by atoms with E-state index in [0.29, 0.717) is 10.6 Å². The maximum absolute atomic E-state index is 11.1. The van der Waals surface area contributed by atoms with Crippen molar-refractivity contribution in [2.75, 3.05) is 0 Å². The second-order valence-electron chi connectivity index (χ2n) is 5.68. The molecular weight excluding hydrogens is 288 g/mol. The molecular formula is C17H17ClOS. The van der Waals surface area contributed by atoms with E-state index >= 15 is 0 Å². The molecule has 2 aromatic carbocycles. The molecule has 3 heteroatoms. The first kappa shape index (κ1) is 15.1. The third kappa shape index (κ3) is 3.65. The third-order valence-corrected chi connectivity index (χ3v) is 4.38. The Kier molecular flexibility index (Phi) is 4.56. The van der Waals surface area contributed by atoms with Gasteiger partial charge in [-0.3, -0.25) is 4.79 Å². The minimum Gasteiger partial charge on any atom is -0.298 e. The largest absolute Gasteiger partial charge is 0.298 e. The van der Waals surface area contributed by atoms with Gasteiger partial charge in [0.25, 0.3) is 0 Å². The van der Waals surface area contributed by atoms with E-state index in [9.17, 15) is 4.79 Å². The smallest absolute Gasteiger partial charge is 0.151 e. The molecule has 0 unspecified atom stereocenters. The fraction of sp³-hybridized carbons (Fsp3) is 0.235. The lowest BCUT2D eigenvalue weighted by Crippen LogP contribution is -2.10. The summed E-state index contributed by atoms with van der Waals surface area (Å²) in [6, 6.07) is 13.8. The van der Waals surface area contributed by atoms with Crippen LogP contribution in [0.3, 0.4) is 0 Å². The Balaban J connectivity index is 2.25. The summed E-state index contributed by atoms with van der Waals surface area (Å²) in [6.45, 7) is 6.58. The van der Waals surface area contributed by atoms with Crippen molar-refractivity contribution in [1.29, 1.82) is 0 Å². The van der Waals surface area contributed by atoms with E-state index in [2.05, 4.69) is 45.0 Å². The minimum absolute atomic E-state index is 0.150. The van der Waals surface area contributed by atoms with E-state index in [1.54, 1.807) is 23.9 Å². The molecule has 104 valence electrons. The Morgan fingerprint density at radius 1 is 1.05 bits per heavy atom. The lowest BCUT2D eigenvalue weighted by molar-refractivity contribution is 0.112. The summed E-state index contributed by atoms with van der Waals surface area (Å²) in [5, 5.41) is 0.583. The van der Waals surface area contributed by atoms with Gasteiger partial charge in [0.15, 0.2) is 6.29 Å². The van der Waals surface area contributed by atoms with Gasteiger partial charge in [-0.2, -0.15) is 0 Å². The van der Waals surface area contributed by atoms with Gasteiger partial charge in [0, 0.05) is 20.4 Å². The molecule has 2 aromatic rings. The Morgan fingerprint density at radius 3 is 2.25 bits per heavy atom. The highest BCUT2D eigenvalue weighted by Crippen LogP contribution is 2.32. The van der Waals surface area contributed by atoms with E-state index < -0.39 is 0 Å². The van der Waals surface area contributed by atoms with Crippen LogP contribution in [0.2, 0.25) is 5.02 Å². The van der Waals surface area contributed by atoms with Crippen molar-refractivity contribution >= 4 is 29.6 Å². The third-order valence-electron chi connectivity index (χ3n) is 3.05. The molecule has 0 atom stereocenters. The Hall–Kier alpha value is -1.25. The summed E-state index contributed by atoms with van der Waals surface area (Å²) >= 11 is 7.48. The summed E-state index contributed by atoms with van der Waals surface area (Å²) in [7, 11) is 0. The van der Waals surface area contributed by atoms with E-state index in [4.69, 9.17) is 11.6 Å². The lowest BCUT2D eigenvalue weighted by atomic mass is 9.87. The summed E-state index contributed by atoms with van der Waals surface area (Å²) in [5.74, 6) is 0. The summed E-state index contributed by atoms with van der Waals surface area (Å²) in [4.78, 5) is 13.1. The predicted octanol–water partition coefficient (Wildman–Crippen LogP) is 5.60. The van der Waals surface area contributed by atoms with Crippen molar-refractivity contribution in [3.8, 4) is 0 Å². The Labute approximate surface area is 129 Å². The molecule has 0 heterocycles. The molecule has 0 bridgehead atoms. The van der Waals surface area contributed by atoms with Crippen LogP contribution in [0.25, 0.3) is 0 Å². The van der Waals surface area contributed by atoms with Gasteiger partial charge in [0.1, 0.15) is 0 Å². The normalized spacial score (nSPS) is 11.4. The van der Waals surface area contributed by atoms with Gasteiger partial charge in [-0.1, -0.05) is 56.3 Å². The molecule has 0 N–H and O–H groups in total. The zero-order chi connectivity index (χ0) is 14.8. The minimum atomic E-state index is 0.150. The first-order chi connectivity index (χ1) is 9.40. The highest BCUT2D eigenvalue weighted by atomic mass is 35.5. The van der Waals surface area contributed by atoms with E-state index in [0.717, 1.165) is 16.1 Å². The van der Waals surface area contributed by atoms with Gasteiger partial charge < -0.3 is 0 Å². The zero-order valence-corrected chi connectivity index (χ0v) is 13.4. The number of carbonyl (C=O) groups is 1. The molecule has 0 aromatic heterocycles. The van der Waals surface area contributed by atoms with Crippen LogP contribution in [0.1, 0.15) is 36.7 Å². The van der Waals surface area contributed by atoms with E-state index in [-0.39, 0.29) is 5.41 Å². The second kappa shape index (κ2) is 6.02. The molecule has 0 aliphatic heterocycles. The molecule has 0 radical (unpaired) electrons. The molecule has 0 amide bonds. The van der Waals surface area contributed by atoms with Crippen molar-refractivity contribution in [3.05, 3.63) is 58.6 Å². The molecule has 2 rings (SSSR count). The summed E-state index contributed by atoms with van der Waals surface area (Å²) in [5.41, 5.74) is 2.08. The van der Waals surface area contributed by atoms with Crippen molar-refractivity contribution in [2.24, 2.45) is 0 Å². The fourth-order valence-electron chi connectivity index (χ4n) is 1.85. The maximum atomic E-state index is 11.1. The second-order valence-corrected chi connectivity index (χ2v) is 7.23. The van der Waals surface area contributed by atoms with Crippen LogP contribution >= 0.6 is 23.4 Å². The fourth-order valence-corrected chi connectivity index (χ4v) is 2.92. The first-order valence-corrected chi connectivity index (χ1v) is 7.63. The van der Waals surface area contributed by atoms with Gasteiger partial charge in [-0.05, 0) is 41.3 Å². The molecule has 20 heavy (non-hydrogen) atoms. The topological polar surface area (TPSA) is 17.1 Å². The standard InChI is InChI=1S/C17H17ClOS/c1-17(2,3)13-4-7-15(8-5-13)20-16-9-6-14(18)10-12(16)11-19/h4-11H,1-3H3. The van der Waals surface area contributed by atoms with Crippen LogP contribution in [-0.2, 0) is 5.41 Å². The van der Waals surface area contributed by atoms with Gasteiger partial charge in [0.05, 0.1) is 0 Å². The molecule has 0 saturated carbocycles. The molecule has 1 nitrogen and oxygen atoms in total. The predicted molar refractivity (Wildman–Crippen MR) is 86.1 cm³/mol. The number of carbonyl (C=O) groups excluding carboxylic acids is 1. The Bertz CT molecular complexity index is 612. The number of hydrogen-bond donors (Lipinski definition) is 0. The number of benzene rings is 2. The van der Waals surface area contributed by atoms with Crippen LogP contribution in [-0.4, -0.2) is 6.29 Å². The van der Waals surface area contributed by atoms with Crippen LogP contribution in [0.4, 0.5) is 0 Å². The van der Waals surface area contributed by atoms with Gasteiger partial charge >= 0.3 is 0 Å². The molecule has 0 aliphatic rings. The first-order valence-electron chi connectivity index (χ1n) is 6.43. The van der Waals surface area contributed by atoms with Gasteiger partial charge in [-0.25, -0.2) is 0 Å². The van der Waals surface area contributed by atoms with Crippen LogP contribution in [0.5, 0.6) is 0 Å². The van der Waals surface area contributed by atoms with E-state index in [1.807, 2.05) is 6.07 Å². The summed E-state index contributed by atoms with van der Waals surface area (Å²) in [6.07, 6.45) is 0.845. The van der Waals surface area contributed by atoms with Crippen LogP contribution < -0.4 is 0 Å². The van der Waals surface area contributed by atoms with Gasteiger partial charge in [-0.15, -0.1) is 0 Å². The van der Waals surface area contributed by atoms with Crippen molar-refractivity contribution in [1.82, 2.24) is 0 Å². The Morgan fingerprint density at radius 2 is 1.70 bits per heavy atom. The highest BCUT2D eigenvalue weighted by molar-refractivity contribution is 7.99. The SMILES string of the molecule is CC(C)(C)c1ccc(Sc2ccc(Cl)cc2C=O)cc1. The molecule has 0 saturated heterocycles. The monoisotopic (exact) mass is 304 g/mol.